The van der Waals surface area contributed by atoms with Crippen LogP contribution in [0.3, 0.4) is 0 Å². The highest BCUT2D eigenvalue weighted by Gasteiger charge is 2.32. The van der Waals surface area contributed by atoms with E-state index in [4.69, 9.17) is 4.98 Å². The molecule has 0 N–H and O–H groups in total. The Morgan fingerprint density at radius 3 is 2.17 bits per heavy atom. The van der Waals surface area contributed by atoms with Crippen molar-refractivity contribution in [1.82, 2.24) is 14.5 Å². The third-order valence-electron chi connectivity index (χ3n) is 8.27. The van der Waals surface area contributed by atoms with Gasteiger partial charge in [-0.2, -0.15) is 13.2 Å². The molecule has 0 radical (unpaired) electrons. The molecule has 0 saturated heterocycles. The largest absolute Gasteiger partial charge is 0.416 e. The number of unbranched alkanes of at least 4 members (excludes halogenated alkanes) is 1. The summed E-state index contributed by atoms with van der Waals surface area (Å²) in [6.07, 6.45) is 3.11. The number of alkyl halides is 3. The van der Waals surface area contributed by atoms with Gasteiger partial charge in [0, 0.05) is 42.9 Å². The normalized spacial score (nSPS) is 14.5. The van der Waals surface area contributed by atoms with Crippen molar-refractivity contribution in [3.63, 3.8) is 0 Å². The summed E-state index contributed by atoms with van der Waals surface area (Å²) in [7, 11) is 0. The van der Waals surface area contributed by atoms with Crippen LogP contribution in [0.2, 0.25) is 0 Å². The average Bonchev–Trinajstić information content (AvgIpc) is 3.35. The number of halogens is 4. The molecule has 0 atom stereocenters. The smallest absolute Gasteiger partial charge is 0.326 e. The third-order valence-corrected chi connectivity index (χ3v) is 8.27. The zero-order chi connectivity index (χ0) is 29.5. The third kappa shape index (κ3) is 7.30. The van der Waals surface area contributed by atoms with E-state index in [1.807, 2.05) is 48.5 Å². The van der Waals surface area contributed by atoms with Crippen molar-refractivity contribution in [3.05, 3.63) is 102 Å². The molecule has 0 bridgehead atoms. The zero-order valence-corrected chi connectivity index (χ0v) is 24.2. The van der Waals surface area contributed by atoms with E-state index in [9.17, 15) is 13.2 Å². The Morgan fingerprint density at radius 1 is 0.857 bits per heavy atom. The second-order valence-corrected chi connectivity index (χ2v) is 11.4. The van der Waals surface area contributed by atoms with Crippen molar-refractivity contribution in [2.24, 2.45) is 5.92 Å². The summed E-state index contributed by atoms with van der Waals surface area (Å²) in [6.45, 7) is 4.18. The molecular weight excluding hydrogens is 538 g/mol. The maximum atomic E-state index is 15.0. The Hall–Kier alpha value is -3.45. The molecule has 7 heteroatoms. The summed E-state index contributed by atoms with van der Waals surface area (Å²) in [5, 5.41) is 0. The van der Waals surface area contributed by atoms with Crippen LogP contribution < -0.4 is 0 Å². The second-order valence-electron chi connectivity index (χ2n) is 11.4. The van der Waals surface area contributed by atoms with Gasteiger partial charge in [0.25, 0.3) is 0 Å². The SMILES string of the molecule is CCCCn1c(-c2ccccc2)nc(-c2ccccc2)c1CN(Cc1cc(C(F)(F)F)ccc1F)CC1CCCCC1. The van der Waals surface area contributed by atoms with Gasteiger partial charge in [0.05, 0.1) is 17.0 Å². The van der Waals surface area contributed by atoms with E-state index in [1.54, 1.807) is 0 Å². The van der Waals surface area contributed by atoms with Crippen LogP contribution in [0.1, 0.15) is 68.7 Å². The van der Waals surface area contributed by atoms with Crippen LogP contribution in [0.4, 0.5) is 17.6 Å². The zero-order valence-electron chi connectivity index (χ0n) is 24.2. The standard InChI is InChI=1S/C35H39F4N3/c1-2-3-21-42-32(33(27-15-9-5-10-16-27)40-34(42)28-17-11-6-12-18-28)25-41(23-26-13-7-4-8-14-26)24-29-22-30(35(37,38)39)19-20-31(29)36/h5-6,9-12,15-20,22,26H,2-4,7-8,13-14,21,23-25H2,1H3. The second kappa shape index (κ2) is 13.7. The number of benzene rings is 3. The summed E-state index contributed by atoms with van der Waals surface area (Å²) < 4.78 is 58.1. The van der Waals surface area contributed by atoms with Crippen LogP contribution >= 0.6 is 0 Å². The van der Waals surface area contributed by atoms with E-state index < -0.39 is 17.6 Å². The van der Waals surface area contributed by atoms with Gasteiger partial charge in [-0.15, -0.1) is 0 Å². The molecular formula is C35H39F4N3. The predicted molar refractivity (Wildman–Crippen MR) is 160 cm³/mol. The molecule has 1 saturated carbocycles. The lowest BCUT2D eigenvalue weighted by atomic mass is 9.88. The van der Waals surface area contributed by atoms with Crippen molar-refractivity contribution in [2.75, 3.05) is 6.54 Å². The first kappa shape index (κ1) is 30.0. The summed E-state index contributed by atoms with van der Waals surface area (Å²) in [5.74, 6) is 0.693. The maximum absolute atomic E-state index is 15.0. The molecule has 222 valence electrons. The molecule has 0 unspecified atom stereocenters. The number of imidazole rings is 1. The number of hydrogen-bond donors (Lipinski definition) is 0. The fraction of sp³-hybridized carbons (Fsp3) is 0.400. The number of aromatic nitrogens is 2. The summed E-state index contributed by atoms with van der Waals surface area (Å²) in [5.41, 5.74) is 3.13. The van der Waals surface area contributed by atoms with Crippen molar-refractivity contribution in [2.45, 2.75) is 77.7 Å². The number of nitrogens with zero attached hydrogens (tertiary/aromatic N) is 3. The van der Waals surface area contributed by atoms with Gasteiger partial charge in [-0.25, -0.2) is 9.37 Å². The van der Waals surface area contributed by atoms with Crippen LogP contribution in [0.15, 0.2) is 78.9 Å². The molecule has 1 fully saturated rings. The maximum Gasteiger partial charge on any atom is 0.416 e. The first-order chi connectivity index (χ1) is 20.3. The van der Waals surface area contributed by atoms with Crippen LogP contribution in [0.25, 0.3) is 22.6 Å². The van der Waals surface area contributed by atoms with Gasteiger partial charge in [-0.3, -0.25) is 4.90 Å². The fourth-order valence-corrected chi connectivity index (χ4v) is 6.08. The van der Waals surface area contributed by atoms with Gasteiger partial charge in [0.15, 0.2) is 0 Å². The van der Waals surface area contributed by atoms with Gasteiger partial charge in [-0.1, -0.05) is 93.3 Å². The van der Waals surface area contributed by atoms with Crippen molar-refractivity contribution >= 4 is 0 Å². The molecule has 5 rings (SSSR count). The summed E-state index contributed by atoms with van der Waals surface area (Å²) in [4.78, 5) is 7.34. The Bertz CT molecular complexity index is 1420. The monoisotopic (exact) mass is 577 g/mol. The molecule has 0 aliphatic heterocycles. The van der Waals surface area contributed by atoms with Crippen LogP contribution in [0.5, 0.6) is 0 Å². The Kier molecular flexibility index (Phi) is 9.78. The van der Waals surface area contributed by atoms with Crippen LogP contribution in [-0.2, 0) is 25.8 Å². The highest BCUT2D eigenvalue weighted by molar-refractivity contribution is 5.68. The van der Waals surface area contributed by atoms with E-state index >= 15 is 4.39 Å². The molecule has 1 aliphatic rings. The molecule has 1 aromatic heterocycles. The minimum atomic E-state index is -4.53. The van der Waals surface area contributed by atoms with E-state index in [0.29, 0.717) is 19.0 Å². The Balaban J connectivity index is 1.59. The molecule has 3 nitrogen and oxygen atoms in total. The Morgan fingerprint density at radius 2 is 1.52 bits per heavy atom. The van der Waals surface area contributed by atoms with Crippen LogP contribution in [-0.4, -0.2) is 21.0 Å². The van der Waals surface area contributed by atoms with E-state index in [1.165, 1.54) is 6.42 Å². The van der Waals surface area contributed by atoms with E-state index in [-0.39, 0.29) is 12.1 Å². The van der Waals surface area contributed by atoms with Crippen molar-refractivity contribution in [3.8, 4) is 22.6 Å². The quantitative estimate of drug-likeness (QED) is 0.166. The highest BCUT2D eigenvalue weighted by Crippen LogP contribution is 2.34. The molecule has 1 aliphatic carbocycles. The molecule has 0 amide bonds. The first-order valence-electron chi connectivity index (χ1n) is 15.1. The lowest BCUT2D eigenvalue weighted by Gasteiger charge is -2.31. The predicted octanol–water partition coefficient (Wildman–Crippen LogP) is 9.76. The molecule has 4 aromatic rings. The lowest BCUT2D eigenvalue weighted by molar-refractivity contribution is -0.137. The van der Waals surface area contributed by atoms with Gasteiger partial charge in [0.2, 0.25) is 0 Å². The molecule has 0 spiro atoms. The van der Waals surface area contributed by atoms with E-state index in [0.717, 1.165) is 91.6 Å². The first-order valence-corrected chi connectivity index (χ1v) is 15.1. The molecule has 1 heterocycles. The number of rotatable bonds is 11. The van der Waals surface area contributed by atoms with E-state index in [2.05, 4.69) is 28.5 Å². The van der Waals surface area contributed by atoms with Crippen molar-refractivity contribution in [1.29, 1.82) is 0 Å². The minimum Gasteiger partial charge on any atom is -0.326 e. The highest BCUT2D eigenvalue weighted by atomic mass is 19.4. The summed E-state index contributed by atoms with van der Waals surface area (Å²) in [6, 6.07) is 22.9. The Labute approximate surface area is 246 Å². The van der Waals surface area contributed by atoms with Gasteiger partial charge in [-0.05, 0) is 43.4 Å². The van der Waals surface area contributed by atoms with Gasteiger partial charge >= 0.3 is 6.18 Å². The van der Waals surface area contributed by atoms with Crippen LogP contribution in [0, 0.1) is 11.7 Å². The summed E-state index contributed by atoms with van der Waals surface area (Å²) >= 11 is 0. The fourth-order valence-electron chi connectivity index (χ4n) is 6.08. The topological polar surface area (TPSA) is 21.1 Å². The lowest BCUT2D eigenvalue weighted by Crippen LogP contribution is -2.31. The minimum absolute atomic E-state index is 0.0739. The van der Waals surface area contributed by atoms with Crippen molar-refractivity contribution < 1.29 is 17.6 Å². The van der Waals surface area contributed by atoms with Gasteiger partial charge < -0.3 is 4.57 Å². The molecule has 3 aromatic carbocycles. The van der Waals surface area contributed by atoms with Gasteiger partial charge in [0.1, 0.15) is 11.6 Å². The average molecular weight is 578 g/mol. The molecule has 42 heavy (non-hydrogen) atoms. The number of hydrogen-bond acceptors (Lipinski definition) is 2.